The Morgan fingerprint density at radius 1 is 0.867 bits per heavy atom. The molecule has 2 amide bonds. The monoisotopic (exact) mass is 401 g/mol. The third-order valence-corrected chi connectivity index (χ3v) is 5.55. The summed E-state index contributed by atoms with van der Waals surface area (Å²) in [5, 5.41) is 5.05. The molecule has 3 aromatic rings. The maximum atomic E-state index is 13.1. The van der Waals surface area contributed by atoms with Crippen molar-refractivity contribution in [2.75, 3.05) is 38.0 Å². The molecule has 5 heteroatoms. The van der Waals surface area contributed by atoms with Crippen molar-refractivity contribution in [1.82, 2.24) is 9.80 Å². The van der Waals surface area contributed by atoms with Gasteiger partial charge in [-0.05, 0) is 53.9 Å². The molecule has 5 nitrogen and oxygen atoms in total. The standard InChI is InChI=1S/C25H27N3O2/c1-18-14-19(2)16-21(15-18)26-24(29)17-27-10-12-28(13-11-27)25(30)23-9-5-7-20-6-3-4-8-22(20)23/h3-9,14-16H,10-13,17H2,1-2H3,(H,26,29). The van der Waals surface area contributed by atoms with E-state index in [9.17, 15) is 9.59 Å². The predicted molar refractivity (Wildman–Crippen MR) is 121 cm³/mol. The first kappa shape index (κ1) is 20.1. The van der Waals surface area contributed by atoms with E-state index in [2.05, 4.69) is 16.3 Å². The maximum Gasteiger partial charge on any atom is 0.254 e. The lowest BCUT2D eigenvalue weighted by Gasteiger charge is -2.34. The third-order valence-electron chi connectivity index (χ3n) is 5.55. The molecule has 0 aromatic heterocycles. The Morgan fingerprint density at radius 2 is 1.53 bits per heavy atom. The predicted octanol–water partition coefficient (Wildman–Crippen LogP) is 3.85. The number of nitrogens with zero attached hydrogens (tertiary/aromatic N) is 2. The quantitative estimate of drug-likeness (QED) is 0.722. The van der Waals surface area contributed by atoms with Gasteiger partial charge in [-0.25, -0.2) is 0 Å². The number of rotatable bonds is 4. The molecule has 4 rings (SSSR count). The van der Waals surface area contributed by atoms with Crippen LogP contribution in [0.4, 0.5) is 5.69 Å². The van der Waals surface area contributed by atoms with Crippen LogP contribution in [0.1, 0.15) is 21.5 Å². The van der Waals surface area contributed by atoms with Gasteiger partial charge in [0, 0.05) is 37.4 Å². The van der Waals surface area contributed by atoms with E-state index in [1.807, 2.05) is 73.3 Å². The SMILES string of the molecule is Cc1cc(C)cc(NC(=O)CN2CCN(C(=O)c3cccc4ccccc34)CC2)c1. The number of piperazine rings is 1. The van der Waals surface area contributed by atoms with Gasteiger partial charge >= 0.3 is 0 Å². The zero-order valence-electron chi connectivity index (χ0n) is 17.5. The van der Waals surface area contributed by atoms with Crippen molar-refractivity contribution >= 4 is 28.3 Å². The minimum Gasteiger partial charge on any atom is -0.336 e. The number of aryl methyl sites for hydroxylation is 2. The molecule has 30 heavy (non-hydrogen) atoms. The number of carbonyl (C=O) groups excluding carboxylic acids is 2. The summed E-state index contributed by atoms with van der Waals surface area (Å²) < 4.78 is 0. The molecule has 0 bridgehead atoms. The molecule has 1 fully saturated rings. The van der Waals surface area contributed by atoms with E-state index in [1.54, 1.807) is 0 Å². The molecule has 0 aliphatic carbocycles. The molecule has 1 heterocycles. The van der Waals surface area contributed by atoms with Crippen LogP contribution in [-0.4, -0.2) is 54.3 Å². The molecule has 1 N–H and O–H groups in total. The lowest BCUT2D eigenvalue weighted by atomic mass is 10.0. The van der Waals surface area contributed by atoms with Gasteiger partial charge in [-0.3, -0.25) is 14.5 Å². The number of anilines is 1. The van der Waals surface area contributed by atoms with Gasteiger partial charge in [0.2, 0.25) is 5.91 Å². The van der Waals surface area contributed by atoms with E-state index in [4.69, 9.17) is 0 Å². The molecule has 0 unspecified atom stereocenters. The van der Waals surface area contributed by atoms with Crippen LogP contribution in [0.25, 0.3) is 10.8 Å². The Kier molecular flexibility index (Phi) is 5.81. The molecule has 0 saturated carbocycles. The fourth-order valence-corrected chi connectivity index (χ4v) is 4.14. The van der Waals surface area contributed by atoms with Crippen LogP contribution in [-0.2, 0) is 4.79 Å². The zero-order valence-corrected chi connectivity index (χ0v) is 17.5. The van der Waals surface area contributed by atoms with E-state index in [0.29, 0.717) is 32.7 Å². The number of carbonyl (C=O) groups is 2. The average molecular weight is 402 g/mol. The largest absolute Gasteiger partial charge is 0.336 e. The summed E-state index contributed by atoms with van der Waals surface area (Å²) in [5.74, 6) is 0.0416. The van der Waals surface area contributed by atoms with Gasteiger partial charge in [-0.15, -0.1) is 0 Å². The van der Waals surface area contributed by atoms with Gasteiger partial charge in [0.05, 0.1) is 6.54 Å². The summed E-state index contributed by atoms with van der Waals surface area (Å²) in [7, 11) is 0. The van der Waals surface area contributed by atoms with Crippen molar-refractivity contribution in [1.29, 1.82) is 0 Å². The van der Waals surface area contributed by atoms with Crippen molar-refractivity contribution in [3.8, 4) is 0 Å². The van der Waals surface area contributed by atoms with Gasteiger partial charge in [0.15, 0.2) is 0 Å². The smallest absolute Gasteiger partial charge is 0.254 e. The molecule has 1 aliphatic rings. The lowest BCUT2D eigenvalue weighted by Crippen LogP contribution is -2.50. The number of benzene rings is 3. The summed E-state index contributed by atoms with van der Waals surface area (Å²) in [6.07, 6.45) is 0. The molecular formula is C25H27N3O2. The van der Waals surface area contributed by atoms with Crippen molar-refractivity contribution < 1.29 is 9.59 Å². The van der Waals surface area contributed by atoms with Gasteiger partial charge in [0.25, 0.3) is 5.91 Å². The summed E-state index contributed by atoms with van der Waals surface area (Å²) in [6.45, 7) is 7.01. The molecule has 3 aromatic carbocycles. The van der Waals surface area contributed by atoms with Crippen molar-refractivity contribution in [3.05, 3.63) is 77.4 Å². The Labute approximate surface area is 177 Å². The second-order valence-electron chi connectivity index (χ2n) is 8.02. The minimum atomic E-state index is -0.0196. The highest BCUT2D eigenvalue weighted by Gasteiger charge is 2.24. The maximum absolute atomic E-state index is 13.1. The molecule has 1 saturated heterocycles. The number of amides is 2. The average Bonchev–Trinajstić information content (AvgIpc) is 2.72. The molecule has 0 radical (unpaired) electrons. The first-order chi connectivity index (χ1) is 14.5. The first-order valence-electron chi connectivity index (χ1n) is 10.4. The van der Waals surface area contributed by atoms with Crippen molar-refractivity contribution in [2.24, 2.45) is 0 Å². The van der Waals surface area contributed by atoms with Crippen LogP contribution in [0, 0.1) is 13.8 Å². The van der Waals surface area contributed by atoms with E-state index < -0.39 is 0 Å². The van der Waals surface area contributed by atoms with Crippen molar-refractivity contribution in [2.45, 2.75) is 13.8 Å². The molecule has 1 aliphatic heterocycles. The summed E-state index contributed by atoms with van der Waals surface area (Å²) in [4.78, 5) is 29.5. The van der Waals surface area contributed by atoms with Crippen LogP contribution >= 0.6 is 0 Å². The fraction of sp³-hybridized carbons (Fsp3) is 0.280. The molecule has 154 valence electrons. The van der Waals surface area contributed by atoms with E-state index in [0.717, 1.165) is 33.2 Å². The summed E-state index contributed by atoms with van der Waals surface area (Å²) in [5.41, 5.74) is 3.84. The van der Waals surface area contributed by atoms with Crippen LogP contribution in [0.3, 0.4) is 0 Å². The van der Waals surface area contributed by atoms with Crippen LogP contribution < -0.4 is 5.32 Å². The highest BCUT2D eigenvalue weighted by Crippen LogP contribution is 2.21. The number of hydrogen-bond donors (Lipinski definition) is 1. The zero-order chi connectivity index (χ0) is 21.1. The number of nitrogens with one attached hydrogen (secondary N) is 1. The number of fused-ring (bicyclic) bond motifs is 1. The normalized spacial score (nSPS) is 14.7. The summed E-state index contributed by atoms with van der Waals surface area (Å²) in [6, 6.07) is 19.9. The number of hydrogen-bond acceptors (Lipinski definition) is 3. The highest BCUT2D eigenvalue weighted by molar-refractivity contribution is 6.07. The van der Waals surface area contributed by atoms with Crippen LogP contribution in [0.2, 0.25) is 0 Å². The minimum absolute atomic E-state index is 0.0196. The Hall–Kier alpha value is -3.18. The topological polar surface area (TPSA) is 52.7 Å². The van der Waals surface area contributed by atoms with Crippen LogP contribution in [0.15, 0.2) is 60.7 Å². The highest BCUT2D eigenvalue weighted by atomic mass is 16.2. The Bertz CT molecular complexity index is 1060. The van der Waals surface area contributed by atoms with Gasteiger partial charge < -0.3 is 10.2 Å². The lowest BCUT2D eigenvalue weighted by molar-refractivity contribution is -0.117. The fourth-order valence-electron chi connectivity index (χ4n) is 4.14. The van der Waals surface area contributed by atoms with Crippen molar-refractivity contribution in [3.63, 3.8) is 0 Å². The Morgan fingerprint density at radius 3 is 2.27 bits per heavy atom. The van der Waals surface area contributed by atoms with E-state index in [1.165, 1.54) is 0 Å². The molecule has 0 atom stereocenters. The van der Waals surface area contributed by atoms with E-state index in [-0.39, 0.29) is 11.8 Å². The van der Waals surface area contributed by atoms with E-state index >= 15 is 0 Å². The Balaban J connectivity index is 1.34. The summed E-state index contributed by atoms with van der Waals surface area (Å²) >= 11 is 0. The molecule has 0 spiro atoms. The molecular weight excluding hydrogens is 374 g/mol. The second-order valence-corrected chi connectivity index (χ2v) is 8.02. The van der Waals surface area contributed by atoms with Crippen LogP contribution in [0.5, 0.6) is 0 Å². The second kappa shape index (κ2) is 8.67. The van der Waals surface area contributed by atoms with Gasteiger partial charge in [0.1, 0.15) is 0 Å². The first-order valence-corrected chi connectivity index (χ1v) is 10.4. The third kappa shape index (κ3) is 4.52. The van der Waals surface area contributed by atoms with Gasteiger partial charge in [-0.2, -0.15) is 0 Å². The van der Waals surface area contributed by atoms with Gasteiger partial charge in [-0.1, -0.05) is 42.5 Å².